The van der Waals surface area contributed by atoms with Gasteiger partial charge in [0, 0.05) is 18.9 Å². The van der Waals surface area contributed by atoms with Gasteiger partial charge in [0.2, 0.25) is 0 Å². The molecule has 0 saturated carbocycles. The van der Waals surface area contributed by atoms with E-state index < -0.39 is 6.10 Å². The molecule has 2 heterocycles. The summed E-state index contributed by atoms with van der Waals surface area (Å²) in [5, 5.41) is 10.4. The smallest absolute Gasteiger partial charge is 0.309 e. The first kappa shape index (κ1) is 13.8. The van der Waals surface area contributed by atoms with E-state index in [0.717, 1.165) is 12.0 Å². The largest absolute Gasteiger partial charge is 0.465 e. The number of imidazole rings is 1. The van der Waals surface area contributed by atoms with Gasteiger partial charge in [-0.15, -0.1) is 0 Å². The third-order valence-corrected chi connectivity index (χ3v) is 3.87. The summed E-state index contributed by atoms with van der Waals surface area (Å²) in [6.45, 7) is 1.17. The van der Waals surface area contributed by atoms with Gasteiger partial charge in [-0.1, -0.05) is 30.3 Å². The summed E-state index contributed by atoms with van der Waals surface area (Å²) in [4.78, 5) is 15.7. The number of nitrogens with zero attached hydrogens (tertiary/aromatic N) is 2. The number of carbonyl (C=O) groups is 1. The molecule has 0 spiro atoms. The maximum Gasteiger partial charge on any atom is 0.309 e. The number of aryl methyl sites for hydroxylation is 1. The molecule has 3 rings (SSSR count). The number of carbonyl (C=O) groups excluding carboxylic acids is 1. The van der Waals surface area contributed by atoms with Crippen LogP contribution in [0.15, 0.2) is 42.7 Å². The van der Waals surface area contributed by atoms with Crippen LogP contribution in [0.4, 0.5) is 0 Å². The van der Waals surface area contributed by atoms with Crippen LogP contribution in [-0.2, 0) is 16.1 Å². The van der Waals surface area contributed by atoms with Gasteiger partial charge >= 0.3 is 5.97 Å². The molecule has 0 amide bonds. The van der Waals surface area contributed by atoms with Crippen LogP contribution in [0.25, 0.3) is 0 Å². The Morgan fingerprint density at radius 2 is 2.19 bits per heavy atom. The Morgan fingerprint density at radius 3 is 2.90 bits per heavy atom. The number of rotatable bonds is 5. The van der Waals surface area contributed by atoms with Gasteiger partial charge in [0.25, 0.3) is 0 Å². The molecule has 1 aliphatic rings. The highest BCUT2D eigenvalue weighted by Gasteiger charge is 2.26. The summed E-state index contributed by atoms with van der Waals surface area (Å²) < 4.78 is 6.88. The van der Waals surface area contributed by atoms with Gasteiger partial charge in [-0.3, -0.25) is 4.79 Å². The predicted molar refractivity (Wildman–Crippen MR) is 76.4 cm³/mol. The molecule has 110 valence electrons. The molecule has 1 aromatic carbocycles. The maximum absolute atomic E-state index is 11.5. The van der Waals surface area contributed by atoms with Crippen molar-refractivity contribution in [3.63, 3.8) is 0 Å². The van der Waals surface area contributed by atoms with Crippen molar-refractivity contribution in [2.75, 3.05) is 6.61 Å². The first-order valence-corrected chi connectivity index (χ1v) is 7.16. The number of aromatic nitrogens is 2. The quantitative estimate of drug-likeness (QED) is 0.853. The van der Waals surface area contributed by atoms with E-state index in [0.29, 0.717) is 25.4 Å². The van der Waals surface area contributed by atoms with Crippen LogP contribution in [0.1, 0.15) is 30.3 Å². The van der Waals surface area contributed by atoms with E-state index in [1.807, 2.05) is 41.1 Å². The average Bonchev–Trinajstić information content (AvgIpc) is 3.14. The highest BCUT2D eigenvalue weighted by Crippen LogP contribution is 2.23. The minimum atomic E-state index is -0.753. The maximum atomic E-state index is 11.5. The van der Waals surface area contributed by atoms with Crippen molar-refractivity contribution >= 4 is 5.97 Å². The van der Waals surface area contributed by atoms with Crippen LogP contribution < -0.4 is 0 Å². The molecule has 0 unspecified atom stereocenters. The van der Waals surface area contributed by atoms with Crippen molar-refractivity contribution in [3.8, 4) is 0 Å². The van der Waals surface area contributed by atoms with Crippen LogP contribution in [0, 0.1) is 5.92 Å². The monoisotopic (exact) mass is 286 g/mol. The van der Waals surface area contributed by atoms with Crippen LogP contribution in [-0.4, -0.2) is 27.2 Å². The van der Waals surface area contributed by atoms with E-state index in [9.17, 15) is 9.90 Å². The molecule has 1 aromatic heterocycles. The van der Waals surface area contributed by atoms with Gasteiger partial charge in [-0.25, -0.2) is 4.98 Å². The van der Waals surface area contributed by atoms with Crippen molar-refractivity contribution < 1.29 is 14.6 Å². The lowest BCUT2D eigenvalue weighted by Crippen LogP contribution is -2.14. The van der Waals surface area contributed by atoms with Crippen LogP contribution in [0.5, 0.6) is 0 Å². The van der Waals surface area contributed by atoms with Crippen LogP contribution >= 0.6 is 0 Å². The molecule has 1 aliphatic heterocycles. The lowest BCUT2D eigenvalue weighted by molar-refractivity contribution is -0.141. The fourth-order valence-electron chi connectivity index (χ4n) is 2.64. The van der Waals surface area contributed by atoms with E-state index >= 15 is 0 Å². The second-order valence-corrected chi connectivity index (χ2v) is 5.23. The van der Waals surface area contributed by atoms with E-state index in [1.165, 1.54) is 0 Å². The van der Waals surface area contributed by atoms with E-state index in [1.54, 1.807) is 6.20 Å². The minimum Gasteiger partial charge on any atom is -0.465 e. The van der Waals surface area contributed by atoms with Crippen molar-refractivity contribution in [2.24, 2.45) is 5.92 Å². The van der Waals surface area contributed by atoms with Crippen molar-refractivity contribution in [1.82, 2.24) is 9.55 Å². The third-order valence-electron chi connectivity index (χ3n) is 3.87. The highest BCUT2D eigenvalue weighted by atomic mass is 16.5. The molecule has 1 N–H and O–H groups in total. The minimum absolute atomic E-state index is 0.0332. The van der Waals surface area contributed by atoms with Gasteiger partial charge in [0.05, 0.1) is 12.5 Å². The normalized spacial score (nSPS) is 19.5. The number of cyclic esters (lactones) is 1. The van der Waals surface area contributed by atoms with Gasteiger partial charge in [0.15, 0.2) is 0 Å². The highest BCUT2D eigenvalue weighted by molar-refractivity contribution is 5.73. The fraction of sp³-hybridized carbons (Fsp3) is 0.375. The summed E-state index contributed by atoms with van der Waals surface area (Å²) in [5.74, 6) is 0.460. The Kier molecular flexibility index (Phi) is 4.01. The van der Waals surface area contributed by atoms with Crippen molar-refractivity contribution in [1.29, 1.82) is 0 Å². The van der Waals surface area contributed by atoms with E-state index in [-0.39, 0.29) is 11.9 Å². The second kappa shape index (κ2) is 6.10. The lowest BCUT2D eigenvalue weighted by atomic mass is 10.0. The Bertz CT molecular complexity index is 609. The summed E-state index contributed by atoms with van der Waals surface area (Å²) in [6.07, 6.45) is 4.25. The standard InChI is InChI=1S/C16H18N2O3/c19-14(12-4-2-1-3-5-12)15-17-8-10-18(15)9-6-13-7-11-21-16(13)20/h1-5,8,10,13-14,19H,6-7,9,11H2/t13-,14-/m0/s1. The molecule has 5 nitrogen and oxygen atoms in total. The Hall–Kier alpha value is -2.14. The zero-order valence-corrected chi connectivity index (χ0v) is 11.7. The molecular weight excluding hydrogens is 268 g/mol. The molecule has 0 bridgehead atoms. The fourth-order valence-corrected chi connectivity index (χ4v) is 2.64. The molecule has 2 aromatic rings. The van der Waals surface area contributed by atoms with Crippen molar-refractivity contribution in [2.45, 2.75) is 25.5 Å². The van der Waals surface area contributed by atoms with Crippen LogP contribution in [0.2, 0.25) is 0 Å². The van der Waals surface area contributed by atoms with Gasteiger partial charge in [-0.05, 0) is 18.4 Å². The number of hydrogen-bond acceptors (Lipinski definition) is 4. The van der Waals surface area contributed by atoms with Gasteiger partial charge in [0.1, 0.15) is 11.9 Å². The molecule has 1 saturated heterocycles. The summed E-state index contributed by atoms with van der Waals surface area (Å²) >= 11 is 0. The first-order valence-electron chi connectivity index (χ1n) is 7.16. The second-order valence-electron chi connectivity index (χ2n) is 5.23. The molecule has 1 fully saturated rings. The topological polar surface area (TPSA) is 64.4 Å². The van der Waals surface area contributed by atoms with Gasteiger partial charge < -0.3 is 14.4 Å². The van der Waals surface area contributed by atoms with Crippen LogP contribution in [0.3, 0.4) is 0 Å². The Morgan fingerprint density at radius 1 is 1.38 bits per heavy atom. The number of ether oxygens (including phenoxy) is 1. The number of benzene rings is 1. The first-order chi connectivity index (χ1) is 10.3. The zero-order chi connectivity index (χ0) is 14.7. The van der Waals surface area contributed by atoms with Gasteiger partial charge in [-0.2, -0.15) is 0 Å². The molecule has 5 heteroatoms. The Labute approximate surface area is 123 Å². The Balaban J connectivity index is 1.70. The third kappa shape index (κ3) is 2.97. The molecular formula is C16H18N2O3. The number of aliphatic hydroxyl groups is 1. The van der Waals surface area contributed by atoms with E-state index in [2.05, 4.69) is 4.98 Å². The summed E-state index contributed by atoms with van der Waals surface area (Å²) in [6, 6.07) is 9.44. The number of esters is 1. The molecule has 0 radical (unpaired) electrons. The van der Waals surface area contributed by atoms with E-state index in [4.69, 9.17) is 4.74 Å². The predicted octanol–water partition coefficient (Wildman–Crippen LogP) is 1.92. The summed E-state index contributed by atoms with van der Waals surface area (Å²) in [7, 11) is 0. The molecule has 21 heavy (non-hydrogen) atoms. The zero-order valence-electron chi connectivity index (χ0n) is 11.7. The molecule has 2 atom stereocenters. The number of hydrogen-bond donors (Lipinski definition) is 1. The average molecular weight is 286 g/mol. The lowest BCUT2D eigenvalue weighted by Gasteiger charge is -2.14. The number of aliphatic hydroxyl groups excluding tert-OH is 1. The molecule has 0 aliphatic carbocycles. The summed E-state index contributed by atoms with van der Waals surface area (Å²) in [5.41, 5.74) is 0.810. The van der Waals surface area contributed by atoms with Crippen molar-refractivity contribution in [3.05, 3.63) is 54.1 Å². The SMILES string of the molecule is O=C1OCC[C@@H]1CCn1ccnc1[C@@H](O)c1ccccc1.